The zero-order valence-electron chi connectivity index (χ0n) is 14.3. The van der Waals surface area contributed by atoms with Gasteiger partial charge in [-0.15, -0.1) is 0 Å². The van der Waals surface area contributed by atoms with Crippen LogP contribution in [0.2, 0.25) is 0 Å². The van der Waals surface area contributed by atoms with E-state index in [0.717, 1.165) is 4.31 Å². The molecule has 2 aromatic carbocycles. The Morgan fingerprint density at radius 2 is 1.81 bits per heavy atom. The van der Waals surface area contributed by atoms with Gasteiger partial charge in [0.1, 0.15) is 11.5 Å². The van der Waals surface area contributed by atoms with Crippen molar-refractivity contribution in [3.8, 4) is 11.5 Å². The van der Waals surface area contributed by atoms with Gasteiger partial charge in [-0.05, 0) is 42.5 Å². The molecule has 0 spiro atoms. The van der Waals surface area contributed by atoms with E-state index in [-0.39, 0.29) is 10.6 Å². The maximum atomic E-state index is 14.0. The molecule has 0 aliphatic heterocycles. The van der Waals surface area contributed by atoms with Gasteiger partial charge in [-0.2, -0.15) is 0 Å². The summed E-state index contributed by atoms with van der Waals surface area (Å²) in [4.78, 5) is 11.8. The van der Waals surface area contributed by atoms with Crippen molar-refractivity contribution in [2.75, 3.05) is 11.4 Å². The van der Waals surface area contributed by atoms with E-state index in [2.05, 4.69) is 15.0 Å². The minimum absolute atomic E-state index is 0.0172. The highest BCUT2D eigenvalue weighted by Gasteiger charge is 2.24. The number of nitrogens with one attached hydrogen (secondary N) is 1. The third kappa shape index (κ3) is 3.04. The summed E-state index contributed by atoms with van der Waals surface area (Å²) in [5.74, 6) is -0.0637. The number of pyridine rings is 1. The van der Waals surface area contributed by atoms with Crippen LogP contribution in [0.15, 0.2) is 71.8 Å². The second kappa shape index (κ2) is 6.48. The largest absolute Gasteiger partial charge is 0.337 e. The fourth-order valence-electron chi connectivity index (χ4n) is 2.77. The number of H-pyrrole nitrogens is 1. The lowest BCUT2D eigenvalue weighted by atomic mass is 10.3. The number of benzene rings is 2. The monoisotopic (exact) mass is 382 g/mol. The molecular weight excluding hydrogens is 367 g/mol. The Hall–Kier alpha value is -3.26. The Bertz CT molecular complexity index is 1220. The number of hydrogen-bond acceptors (Lipinski definition) is 4. The summed E-state index contributed by atoms with van der Waals surface area (Å²) >= 11 is 0. The molecule has 0 unspecified atom stereocenters. The minimum Gasteiger partial charge on any atom is -0.337 e. The molecule has 0 aliphatic carbocycles. The number of sulfonamides is 1. The topological polar surface area (TPSA) is 79.0 Å². The molecule has 4 aromatic rings. The van der Waals surface area contributed by atoms with Gasteiger partial charge in [-0.25, -0.2) is 17.8 Å². The molecule has 0 atom stereocenters. The number of aromatic amines is 1. The zero-order chi connectivity index (χ0) is 19.0. The number of anilines is 1. The van der Waals surface area contributed by atoms with Crippen LogP contribution in [0.5, 0.6) is 0 Å². The van der Waals surface area contributed by atoms with Crippen molar-refractivity contribution in [2.24, 2.45) is 0 Å². The second-order valence-corrected chi connectivity index (χ2v) is 7.87. The fourth-order valence-corrected chi connectivity index (χ4v) is 4.00. The van der Waals surface area contributed by atoms with Crippen molar-refractivity contribution in [3.63, 3.8) is 0 Å². The predicted molar refractivity (Wildman–Crippen MR) is 101 cm³/mol. The zero-order valence-corrected chi connectivity index (χ0v) is 15.1. The van der Waals surface area contributed by atoms with Crippen molar-refractivity contribution in [1.82, 2.24) is 15.0 Å². The summed E-state index contributed by atoms with van der Waals surface area (Å²) < 4.78 is 40.8. The number of fused-ring (bicyclic) bond motifs is 1. The molecule has 0 radical (unpaired) electrons. The van der Waals surface area contributed by atoms with Gasteiger partial charge in [0.15, 0.2) is 5.82 Å². The molecular formula is C19H15FN4O2S. The van der Waals surface area contributed by atoms with Crippen molar-refractivity contribution in [3.05, 3.63) is 72.7 Å². The van der Waals surface area contributed by atoms with E-state index in [1.165, 1.54) is 37.4 Å². The van der Waals surface area contributed by atoms with Crippen LogP contribution in [0.1, 0.15) is 0 Å². The molecule has 0 aliphatic rings. The average molecular weight is 382 g/mol. The van der Waals surface area contributed by atoms with E-state index >= 15 is 0 Å². The van der Waals surface area contributed by atoms with Crippen molar-refractivity contribution >= 4 is 26.7 Å². The average Bonchev–Trinajstić information content (AvgIpc) is 3.12. The molecule has 27 heavy (non-hydrogen) atoms. The Balaban J connectivity index is 1.76. The Labute approximate surface area is 155 Å². The third-order valence-corrected chi connectivity index (χ3v) is 5.98. The fraction of sp³-hybridized carbons (Fsp3) is 0.0526. The van der Waals surface area contributed by atoms with Crippen LogP contribution in [0.3, 0.4) is 0 Å². The van der Waals surface area contributed by atoms with E-state index < -0.39 is 15.8 Å². The molecule has 0 bridgehead atoms. The molecule has 0 saturated heterocycles. The van der Waals surface area contributed by atoms with Crippen LogP contribution in [0, 0.1) is 5.82 Å². The lowest BCUT2D eigenvalue weighted by Crippen LogP contribution is -2.27. The first-order chi connectivity index (χ1) is 13.0. The van der Waals surface area contributed by atoms with Crippen LogP contribution in [-0.4, -0.2) is 30.4 Å². The Kier molecular flexibility index (Phi) is 4.12. The van der Waals surface area contributed by atoms with Crippen LogP contribution in [0.4, 0.5) is 10.1 Å². The highest BCUT2D eigenvalue weighted by molar-refractivity contribution is 7.92. The summed E-state index contributed by atoms with van der Waals surface area (Å²) in [5.41, 5.74) is 1.81. The Morgan fingerprint density at radius 1 is 1.04 bits per heavy atom. The maximum absolute atomic E-state index is 14.0. The second-order valence-electron chi connectivity index (χ2n) is 5.90. The van der Waals surface area contributed by atoms with Gasteiger partial charge in [-0.1, -0.05) is 18.2 Å². The van der Waals surface area contributed by atoms with E-state index in [0.29, 0.717) is 22.6 Å². The summed E-state index contributed by atoms with van der Waals surface area (Å²) in [6, 6.07) is 15.7. The first kappa shape index (κ1) is 17.2. The molecule has 4 rings (SSSR count). The van der Waals surface area contributed by atoms with Gasteiger partial charge in [0, 0.05) is 13.2 Å². The number of aromatic nitrogens is 3. The highest BCUT2D eigenvalue weighted by atomic mass is 32.2. The molecule has 8 heteroatoms. The molecule has 1 N–H and O–H groups in total. The summed E-state index contributed by atoms with van der Waals surface area (Å²) in [7, 11) is -2.61. The molecule has 2 aromatic heterocycles. The molecule has 6 nitrogen and oxygen atoms in total. The number of para-hydroxylation sites is 1. The van der Waals surface area contributed by atoms with Gasteiger partial charge < -0.3 is 4.98 Å². The highest BCUT2D eigenvalue weighted by Crippen LogP contribution is 2.27. The van der Waals surface area contributed by atoms with Gasteiger partial charge in [0.25, 0.3) is 10.0 Å². The predicted octanol–water partition coefficient (Wildman–Crippen LogP) is 3.59. The SMILES string of the molecule is CN(c1ccccc1F)S(=O)(=O)c1ccc2nc(-c3ccccn3)[nH]c2c1. The quantitative estimate of drug-likeness (QED) is 0.585. The molecule has 0 fully saturated rings. The summed E-state index contributed by atoms with van der Waals surface area (Å²) in [5, 5.41) is 0. The van der Waals surface area contributed by atoms with Gasteiger partial charge in [0.2, 0.25) is 0 Å². The first-order valence-electron chi connectivity index (χ1n) is 8.11. The normalized spacial score (nSPS) is 11.6. The lowest BCUT2D eigenvalue weighted by Gasteiger charge is -2.19. The van der Waals surface area contributed by atoms with Crippen molar-refractivity contribution in [2.45, 2.75) is 4.90 Å². The van der Waals surface area contributed by atoms with Crippen LogP contribution >= 0.6 is 0 Å². The van der Waals surface area contributed by atoms with Crippen LogP contribution in [-0.2, 0) is 10.0 Å². The van der Waals surface area contributed by atoms with Gasteiger partial charge in [-0.3, -0.25) is 9.29 Å². The lowest BCUT2D eigenvalue weighted by molar-refractivity contribution is 0.590. The van der Waals surface area contributed by atoms with E-state index in [9.17, 15) is 12.8 Å². The van der Waals surface area contributed by atoms with Crippen LogP contribution in [0.25, 0.3) is 22.6 Å². The van der Waals surface area contributed by atoms with Gasteiger partial charge in [0.05, 0.1) is 21.6 Å². The minimum atomic E-state index is -3.93. The Morgan fingerprint density at radius 3 is 2.56 bits per heavy atom. The number of hydrogen-bond donors (Lipinski definition) is 1. The smallest absolute Gasteiger partial charge is 0.264 e. The summed E-state index contributed by atoms with van der Waals surface area (Å²) in [6.07, 6.45) is 1.65. The van der Waals surface area contributed by atoms with Crippen LogP contribution < -0.4 is 4.31 Å². The van der Waals surface area contributed by atoms with Crippen molar-refractivity contribution < 1.29 is 12.8 Å². The molecule has 0 saturated carbocycles. The number of rotatable bonds is 4. The number of imidazole rings is 1. The van der Waals surface area contributed by atoms with E-state index in [1.807, 2.05) is 6.07 Å². The molecule has 2 heterocycles. The van der Waals surface area contributed by atoms with E-state index in [1.54, 1.807) is 30.5 Å². The first-order valence-corrected chi connectivity index (χ1v) is 9.55. The third-order valence-electron chi connectivity index (χ3n) is 4.21. The van der Waals surface area contributed by atoms with Gasteiger partial charge >= 0.3 is 0 Å². The van der Waals surface area contributed by atoms with Crippen molar-refractivity contribution in [1.29, 1.82) is 0 Å². The maximum Gasteiger partial charge on any atom is 0.264 e. The standard InChI is InChI=1S/C19H15FN4O2S/c1-24(18-8-3-2-6-14(18)20)27(25,26)13-9-10-15-17(12-13)23-19(22-15)16-7-4-5-11-21-16/h2-12H,1H3,(H,22,23). The van der Waals surface area contributed by atoms with E-state index in [4.69, 9.17) is 0 Å². The number of halogens is 1. The summed E-state index contributed by atoms with van der Waals surface area (Å²) in [6.45, 7) is 0. The number of nitrogens with zero attached hydrogens (tertiary/aromatic N) is 3. The molecule has 136 valence electrons. The molecule has 0 amide bonds.